The summed E-state index contributed by atoms with van der Waals surface area (Å²) in [6, 6.07) is 7.57. The highest BCUT2D eigenvalue weighted by atomic mass is 35.5. The summed E-state index contributed by atoms with van der Waals surface area (Å²) < 4.78 is 4.72. The van der Waals surface area contributed by atoms with E-state index >= 15 is 0 Å². The number of hydrogen-bond donors (Lipinski definition) is 0. The molecular formula is C19H22ClN5O2. The molecule has 3 aromatic rings. The first kappa shape index (κ1) is 17.9. The van der Waals surface area contributed by atoms with Gasteiger partial charge in [-0.1, -0.05) is 31.5 Å². The molecule has 0 unspecified atom stereocenters. The van der Waals surface area contributed by atoms with Crippen molar-refractivity contribution < 1.29 is 0 Å². The SMILES string of the molecule is CC(C)Cn1c(=O)c2c(nc3n2CCCN3c2cccc(Cl)c2)n(C)c1=O. The second-order valence-electron chi connectivity index (χ2n) is 7.37. The lowest BCUT2D eigenvalue weighted by Gasteiger charge is -2.29. The second-order valence-corrected chi connectivity index (χ2v) is 7.81. The van der Waals surface area contributed by atoms with Crippen LogP contribution in [0.2, 0.25) is 5.02 Å². The molecule has 1 aliphatic heterocycles. The average Bonchev–Trinajstić information content (AvgIpc) is 3.03. The van der Waals surface area contributed by atoms with Crippen molar-refractivity contribution in [1.29, 1.82) is 0 Å². The number of rotatable bonds is 3. The van der Waals surface area contributed by atoms with E-state index in [0.717, 1.165) is 18.7 Å². The van der Waals surface area contributed by atoms with Gasteiger partial charge in [-0.05, 0) is 30.5 Å². The van der Waals surface area contributed by atoms with Gasteiger partial charge in [0.2, 0.25) is 5.95 Å². The Bertz CT molecular complexity index is 1140. The number of nitrogens with zero attached hydrogens (tertiary/aromatic N) is 5. The number of anilines is 2. The summed E-state index contributed by atoms with van der Waals surface area (Å²) in [6.07, 6.45) is 0.872. The number of imidazole rings is 1. The Morgan fingerprint density at radius 2 is 2.00 bits per heavy atom. The number of aryl methyl sites for hydroxylation is 2. The summed E-state index contributed by atoms with van der Waals surface area (Å²) in [6.45, 7) is 5.83. The molecule has 2 aromatic heterocycles. The average molecular weight is 388 g/mol. The van der Waals surface area contributed by atoms with E-state index in [0.29, 0.717) is 35.2 Å². The number of hydrogen-bond acceptors (Lipinski definition) is 4. The van der Waals surface area contributed by atoms with Crippen molar-refractivity contribution in [2.24, 2.45) is 13.0 Å². The third-order valence-electron chi connectivity index (χ3n) is 4.88. The fraction of sp³-hybridized carbons (Fsp3) is 0.421. The number of halogens is 1. The third-order valence-corrected chi connectivity index (χ3v) is 5.12. The Kier molecular flexibility index (Phi) is 4.34. The number of aromatic nitrogens is 4. The largest absolute Gasteiger partial charge is 0.332 e. The molecule has 0 fully saturated rings. The molecule has 0 amide bonds. The maximum atomic E-state index is 13.1. The van der Waals surface area contributed by atoms with Crippen LogP contribution in [0.5, 0.6) is 0 Å². The van der Waals surface area contributed by atoms with Gasteiger partial charge in [-0.15, -0.1) is 0 Å². The maximum absolute atomic E-state index is 13.1. The van der Waals surface area contributed by atoms with Crippen LogP contribution in [0.15, 0.2) is 33.9 Å². The van der Waals surface area contributed by atoms with E-state index in [-0.39, 0.29) is 17.2 Å². The zero-order valence-corrected chi connectivity index (χ0v) is 16.4. The fourth-order valence-electron chi connectivity index (χ4n) is 3.68. The minimum Gasteiger partial charge on any atom is -0.312 e. The van der Waals surface area contributed by atoms with Crippen LogP contribution in [0.1, 0.15) is 20.3 Å². The zero-order chi connectivity index (χ0) is 19.3. The van der Waals surface area contributed by atoms with Gasteiger partial charge >= 0.3 is 5.69 Å². The molecule has 1 aliphatic rings. The van der Waals surface area contributed by atoms with Gasteiger partial charge in [-0.2, -0.15) is 4.98 Å². The van der Waals surface area contributed by atoms with Gasteiger partial charge in [0.1, 0.15) is 0 Å². The van der Waals surface area contributed by atoms with Gasteiger partial charge in [-0.3, -0.25) is 13.9 Å². The van der Waals surface area contributed by atoms with Crippen LogP contribution >= 0.6 is 11.6 Å². The van der Waals surface area contributed by atoms with E-state index in [9.17, 15) is 9.59 Å². The van der Waals surface area contributed by atoms with Crippen LogP contribution in [-0.2, 0) is 20.1 Å². The van der Waals surface area contributed by atoms with Crippen molar-refractivity contribution in [3.8, 4) is 0 Å². The predicted octanol–water partition coefficient (Wildman–Crippen LogP) is 2.75. The minimum absolute atomic E-state index is 0.194. The van der Waals surface area contributed by atoms with Crippen molar-refractivity contribution >= 4 is 34.4 Å². The highest BCUT2D eigenvalue weighted by Crippen LogP contribution is 2.32. The van der Waals surface area contributed by atoms with Gasteiger partial charge in [0.15, 0.2) is 11.2 Å². The van der Waals surface area contributed by atoms with Gasteiger partial charge in [-0.25, -0.2) is 4.79 Å². The quantitative estimate of drug-likeness (QED) is 0.693. The second kappa shape index (κ2) is 6.56. The molecule has 0 saturated carbocycles. The Morgan fingerprint density at radius 1 is 1.22 bits per heavy atom. The molecule has 8 heteroatoms. The van der Waals surface area contributed by atoms with Gasteiger partial charge in [0, 0.05) is 37.4 Å². The Morgan fingerprint density at radius 3 is 2.70 bits per heavy atom. The normalized spacial score (nSPS) is 14.2. The fourth-order valence-corrected chi connectivity index (χ4v) is 3.86. The molecule has 0 bridgehead atoms. The van der Waals surface area contributed by atoms with Crippen LogP contribution in [0, 0.1) is 5.92 Å². The molecule has 7 nitrogen and oxygen atoms in total. The first-order valence-electron chi connectivity index (χ1n) is 9.11. The van der Waals surface area contributed by atoms with E-state index in [1.165, 1.54) is 9.13 Å². The molecular weight excluding hydrogens is 366 g/mol. The van der Waals surface area contributed by atoms with Crippen LogP contribution < -0.4 is 16.1 Å². The highest BCUT2D eigenvalue weighted by Gasteiger charge is 2.27. The van der Waals surface area contributed by atoms with Gasteiger partial charge in [0.25, 0.3) is 5.56 Å². The zero-order valence-electron chi connectivity index (χ0n) is 15.6. The van der Waals surface area contributed by atoms with Crippen molar-refractivity contribution in [3.63, 3.8) is 0 Å². The molecule has 0 saturated heterocycles. The number of benzene rings is 1. The van der Waals surface area contributed by atoms with Crippen LogP contribution in [0.3, 0.4) is 0 Å². The number of fused-ring (bicyclic) bond motifs is 3. The molecule has 27 heavy (non-hydrogen) atoms. The first-order chi connectivity index (χ1) is 12.9. The molecule has 3 heterocycles. The summed E-state index contributed by atoms with van der Waals surface area (Å²) in [5.74, 6) is 0.868. The first-order valence-corrected chi connectivity index (χ1v) is 9.49. The summed E-state index contributed by atoms with van der Waals surface area (Å²) >= 11 is 6.16. The summed E-state index contributed by atoms with van der Waals surface area (Å²) in [5.41, 5.74) is 1.24. The molecule has 0 radical (unpaired) electrons. The monoisotopic (exact) mass is 387 g/mol. The smallest absolute Gasteiger partial charge is 0.312 e. The Hall–Kier alpha value is -2.54. The summed E-state index contributed by atoms with van der Waals surface area (Å²) in [7, 11) is 1.67. The lowest BCUT2D eigenvalue weighted by molar-refractivity contribution is 0.483. The standard InChI is InChI=1S/C19H22ClN5O2/c1-12(2)11-25-17(26)15-16(22(3)19(25)27)21-18-23(8-5-9-24(15)18)14-7-4-6-13(20)10-14/h4,6-7,10,12H,5,8-9,11H2,1-3H3. The van der Waals surface area contributed by atoms with Crippen LogP contribution in [-0.4, -0.2) is 25.2 Å². The van der Waals surface area contributed by atoms with Gasteiger partial charge < -0.3 is 9.47 Å². The third kappa shape index (κ3) is 2.86. The molecule has 0 atom stereocenters. The lowest BCUT2D eigenvalue weighted by Crippen LogP contribution is -2.40. The minimum atomic E-state index is -0.328. The molecule has 0 aliphatic carbocycles. The topological polar surface area (TPSA) is 65.1 Å². The van der Waals surface area contributed by atoms with Crippen LogP contribution in [0.25, 0.3) is 11.2 Å². The van der Waals surface area contributed by atoms with Crippen molar-refractivity contribution in [3.05, 3.63) is 50.1 Å². The van der Waals surface area contributed by atoms with E-state index in [4.69, 9.17) is 11.6 Å². The van der Waals surface area contributed by atoms with Gasteiger partial charge in [0.05, 0.1) is 0 Å². The van der Waals surface area contributed by atoms with Crippen molar-refractivity contribution in [2.75, 3.05) is 11.4 Å². The molecule has 0 N–H and O–H groups in total. The molecule has 4 rings (SSSR count). The maximum Gasteiger partial charge on any atom is 0.332 e. The van der Waals surface area contributed by atoms with E-state index in [2.05, 4.69) is 4.98 Å². The molecule has 142 valence electrons. The molecule has 1 aromatic carbocycles. The van der Waals surface area contributed by atoms with Crippen LogP contribution in [0.4, 0.5) is 11.6 Å². The van der Waals surface area contributed by atoms with E-state index < -0.39 is 0 Å². The van der Waals surface area contributed by atoms with Crippen molar-refractivity contribution in [1.82, 2.24) is 18.7 Å². The molecule has 0 spiro atoms. The summed E-state index contributed by atoms with van der Waals surface area (Å²) in [5, 5.41) is 0.646. The Labute approximate surface area is 161 Å². The predicted molar refractivity (Wildman–Crippen MR) is 107 cm³/mol. The Balaban J connectivity index is 1.98. The van der Waals surface area contributed by atoms with E-state index in [1.807, 2.05) is 47.6 Å². The highest BCUT2D eigenvalue weighted by molar-refractivity contribution is 6.30. The lowest BCUT2D eigenvalue weighted by atomic mass is 10.2. The van der Waals surface area contributed by atoms with Crippen molar-refractivity contribution in [2.45, 2.75) is 33.4 Å². The van der Waals surface area contributed by atoms with E-state index in [1.54, 1.807) is 7.05 Å². The summed E-state index contributed by atoms with van der Waals surface area (Å²) in [4.78, 5) is 32.5.